The molecule has 0 spiro atoms. The zero-order valence-electron chi connectivity index (χ0n) is 13.8. The van der Waals surface area contributed by atoms with Gasteiger partial charge in [-0.2, -0.15) is 0 Å². The van der Waals surface area contributed by atoms with Crippen molar-refractivity contribution in [2.75, 3.05) is 20.2 Å². The summed E-state index contributed by atoms with van der Waals surface area (Å²) in [7, 11) is 1.67. The van der Waals surface area contributed by atoms with Gasteiger partial charge in [-0.3, -0.25) is 4.68 Å². The Labute approximate surface area is 140 Å². The summed E-state index contributed by atoms with van der Waals surface area (Å²) in [6.45, 7) is 2.88. The van der Waals surface area contributed by atoms with E-state index in [0.717, 1.165) is 54.4 Å². The van der Waals surface area contributed by atoms with Crippen LogP contribution < -0.4 is 10.1 Å². The molecule has 0 saturated carbocycles. The third-order valence-electron chi connectivity index (χ3n) is 4.59. The predicted molar refractivity (Wildman–Crippen MR) is 91.2 cm³/mol. The maximum absolute atomic E-state index is 5.25. The minimum absolute atomic E-state index is 0.492. The number of H-pyrrole nitrogens is 1. The fourth-order valence-corrected chi connectivity index (χ4v) is 3.22. The minimum atomic E-state index is 0.492. The maximum Gasteiger partial charge on any atom is 0.121 e. The van der Waals surface area contributed by atoms with E-state index in [1.807, 2.05) is 22.9 Å². The van der Waals surface area contributed by atoms with Gasteiger partial charge in [-0.15, -0.1) is 5.10 Å². The molecule has 1 atom stereocenters. The summed E-state index contributed by atoms with van der Waals surface area (Å²) >= 11 is 0. The third kappa shape index (κ3) is 3.12. The van der Waals surface area contributed by atoms with Crippen molar-refractivity contribution in [3.63, 3.8) is 0 Å². The van der Waals surface area contributed by atoms with Crippen LogP contribution in [0.1, 0.15) is 30.3 Å². The molecule has 0 amide bonds. The first-order chi connectivity index (χ1) is 11.8. The molecule has 1 saturated heterocycles. The zero-order valence-corrected chi connectivity index (χ0v) is 13.8. The number of methoxy groups -OCH3 is 1. The molecule has 1 unspecified atom stereocenters. The monoisotopic (exact) mass is 326 g/mol. The summed E-state index contributed by atoms with van der Waals surface area (Å²) < 4.78 is 7.16. The molecule has 24 heavy (non-hydrogen) atoms. The molecule has 7 nitrogen and oxygen atoms in total. The van der Waals surface area contributed by atoms with Crippen LogP contribution in [0.2, 0.25) is 0 Å². The topological polar surface area (TPSA) is 80.7 Å². The largest absolute Gasteiger partial charge is 0.497 e. The van der Waals surface area contributed by atoms with Crippen LogP contribution in [0.15, 0.2) is 24.4 Å². The predicted octanol–water partition coefficient (Wildman–Crippen LogP) is 1.87. The van der Waals surface area contributed by atoms with Crippen LogP contribution in [0.25, 0.3) is 11.0 Å². The molecule has 2 aromatic heterocycles. The second-order valence-electron chi connectivity index (χ2n) is 6.27. The lowest BCUT2D eigenvalue weighted by atomic mass is 9.97. The summed E-state index contributed by atoms with van der Waals surface area (Å²) in [5.74, 6) is 2.28. The lowest BCUT2D eigenvalue weighted by Gasteiger charge is -2.20. The van der Waals surface area contributed by atoms with E-state index in [4.69, 9.17) is 4.74 Å². The molecular weight excluding hydrogens is 304 g/mol. The molecule has 0 aliphatic carbocycles. The van der Waals surface area contributed by atoms with Gasteiger partial charge in [-0.05, 0) is 31.5 Å². The van der Waals surface area contributed by atoms with Gasteiger partial charge in [0.15, 0.2) is 0 Å². The SMILES string of the molecule is COc1ccc2nc(CCn3cc(C4CCCNC4)nn3)[nH]c2c1. The normalized spacial score (nSPS) is 18.1. The Hall–Kier alpha value is -2.41. The van der Waals surface area contributed by atoms with Crippen molar-refractivity contribution < 1.29 is 4.74 Å². The number of ether oxygens (including phenoxy) is 1. The van der Waals surface area contributed by atoms with Crippen LogP contribution in [0.3, 0.4) is 0 Å². The number of hydrogen-bond donors (Lipinski definition) is 2. The number of nitrogens with zero attached hydrogens (tertiary/aromatic N) is 4. The van der Waals surface area contributed by atoms with E-state index in [0.29, 0.717) is 5.92 Å². The average Bonchev–Trinajstić information content (AvgIpc) is 3.26. The zero-order chi connectivity index (χ0) is 16.4. The lowest BCUT2D eigenvalue weighted by Crippen LogP contribution is -2.28. The molecule has 1 fully saturated rings. The summed E-state index contributed by atoms with van der Waals surface area (Å²) in [6, 6.07) is 5.86. The highest BCUT2D eigenvalue weighted by atomic mass is 16.5. The number of benzene rings is 1. The van der Waals surface area contributed by atoms with Crippen LogP contribution in [0.5, 0.6) is 5.75 Å². The second-order valence-corrected chi connectivity index (χ2v) is 6.27. The van der Waals surface area contributed by atoms with Crippen LogP contribution in [-0.2, 0) is 13.0 Å². The van der Waals surface area contributed by atoms with Gasteiger partial charge in [0.2, 0.25) is 0 Å². The van der Waals surface area contributed by atoms with E-state index in [-0.39, 0.29) is 0 Å². The Morgan fingerprint density at radius 1 is 1.38 bits per heavy atom. The molecule has 4 rings (SSSR count). The van der Waals surface area contributed by atoms with Gasteiger partial charge in [0.1, 0.15) is 11.6 Å². The second kappa shape index (κ2) is 6.60. The number of aryl methyl sites for hydroxylation is 2. The number of nitrogens with one attached hydrogen (secondary N) is 2. The van der Waals surface area contributed by atoms with Crippen molar-refractivity contribution in [1.82, 2.24) is 30.3 Å². The van der Waals surface area contributed by atoms with Gasteiger partial charge in [-0.25, -0.2) is 4.98 Å². The van der Waals surface area contributed by atoms with Gasteiger partial charge in [0.05, 0.1) is 23.8 Å². The molecule has 126 valence electrons. The molecular formula is C17H22N6O. The molecule has 7 heteroatoms. The van der Waals surface area contributed by atoms with Gasteiger partial charge in [0, 0.05) is 37.7 Å². The van der Waals surface area contributed by atoms with Gasteiger partial charge in [-0.1, -0.05) is 5.21 Å². The first-order valence-electron chi connectivity index (χ1n) is 8.45. The number of fused-ring (bicyclic) bond motifs is 1. The number of hydrogen-bond acceptors (Lipinski definition) is 5. The molecule has 1 aliphatic rings. The lowest BCUT2D eigenvalue weighted by molar-refractivity contribution is 0.415. The first-order valence-corrected chi connectivity index (χ1v) is 8.45. The number of piperidine rings is 1. The van der Waals surface area contributed by atoms with Crippen molar-refractivity contribution in [2.45, 2.75) is 31.7 Å². The molecule has 1 aliphatic heterocycles. The molecule has 3 aromatic rings. The molecule has 1 aromatic carbocycles. The highest BCUT2D eigenvalue weighted by molar-refractivity contribution is 5.76. The Balaban J connectivity index is 1.42. The third-order valence-corrected chi connectivity index (χ3v) is 4.59. The Morgan fingerprint density at radius 2 is 2.33 bits per heavy atom. The highest BCUT2D eigenvalue weighted by Gasteiger charge is 2.18. The van der Waals surface area contributed by atoms with Crippen molar-refractivity contribution >= 4 is 11.0 Å². The van der Waals surface area contributed by atoms with Crippen LogP contribution in [0.4, 0.5) is 0 Å². The fourth-order valence-electron chi connectivity index (χ4n) is 3.22. The summed E-state index contributed by atoms with van der Waals surface area (Å²) in [4.78, 5) is 7.97. The Kier molecular flexibility index (Phi) is 4.17. The molecule has 0 radical (unpaired) electrons. The smallest absolute Gasteiger partial charge is 0.121 e. The van der Waals surface area contributed by atoms with E-state index in [1.165, 1.54) is 12.8 Å². The quantitative estimate of drug-likeness (QED) is 0.748. The Bertz CT molecular complexity index is 817. The molecule has 2 N–H and O–H groups in total. The molecule has 0 bridgehead atoms. The Morgan fingerprint density at radius 3 is 3.17 bits per heavy atom. The summed E-state index contributed by atoms with van der Waals surface area (Å²) in [5, 5.41) is 12.0. The van der Waals surface area contributed by atoms with Gasteiger partial charge < -0.3 is 15.0 Å². The van der Waals surface area contributed by atoms with E-state index >= 15 is 0 Å². The number of aromatic nitrogens is 5. The van der Waals surface area contributed by atoms with Crippen LogP contribution in [0, 0.1) is 0 Å². The van der Waals surface area contributed by atoms with Crippen molar-refractivity contribution in [1.29, 1.82) is 0 Å². The van der Waals surface area contributed by atoms with E-state index < -0.39 is 0 Å². The van der Waals surface area contributed by atoms with E-state index in [2.05, 4.69) is 31.8 Å². The van der Waals surface area contributed by atoms with Crippen molar-refractivity contribution in [3.8, 4) is 5.75 Å². The minimum Gasteiger partial charge on any atom is -0.497 e. The number of aromatic amines is 1. The van der Waals surface area contributed by atoms with E-state index in [9.17, 15) is 0 Å². The standard InChI is InChI=1S/C17H22N6O/c1-24-13-4-5-14-15(9-13)20-17(19-14)6-8-23-11-16(21-22-23)12-3-2-7-18-10-12/h4-5,9,11-12,18H,2-3,6-8,10H2,1H3,(H,19,20). The van der Waals surface area contributed by atoms with Gasteiger partial charge in [0.25, 0.3) is 0 Å². The van der Waals surface area contributed by atoms with Gasteiger partial charge >= 0.3 is 0 Å². The van der Waals surface area contributed by atoms with E-state index in [1.54, 1.807) is 7.11 Å². The highest BCUT2D eigenvalue weighted by Crippen LogP contribution is 2.21. The fraction of sp³-hybridized carbons (Fsp3) is 0.471. The van der Waals surface area contributed by atoms with Crippen molar-refractivity contribution in [3.05, 3.63) is 35.9 Å². The number of rotatable bonds is 5. The number of imidazole rings is 1. The van der Waals surface area contributed by atoms with Crippen LogP contribution >= 0.6 is 0 Å². The average molecular weight is 326 g/mol. The summed E-state index contributed by atoms with van der Waals surface area (Å²) in [5.41, 5.74) is 3.05. The molecule has 3 heterocycles. The maximum atomic E-state index is 5.25. The van der Waals surface area contributed by atoms with Crippen molar-refractivity contribution in [2.24, 2.45) is 0 Å². The van der Waals surface area contributed by atoms with Crippen LogP contribution in [-0.4, -0.2) is 45.2 Å². The summed E-state index contributed by atoms with van der Waals surface area (Å²) in [6.07, 6.45) is 5.27. The first kappa shape index (κ1) is 15.1.